The highest BCUT2D eigenvalue weighted by Gasteiger charge is 2.31. The average Bonchev–Trinajstić information content (AvgIpc) is 3.43. The Morgan fingerprint density at radius 1 is 1.23 bits per heavy atom. The largest absolute Gasteiger partial charge is 0.504 e. The van der Waals surface area contributed by atoms with Gasteiger partial charge in [-0.1, -0.05) is 34.6 Å². The van der Waals surface area contributed by atoms with Gasteiger partial charge in [-0.3, -0.25) is 0 Å². The minimum atomic E-state index is -3.77. The molecule has 0 radical (unpaired) electrons. The summed E-state index contributed by atoms with van der Waals surface area (Å²) in [5, 5.41) is 18.5. The van der Waals surface area contributed by atoms with Gasteiger partial charge < -0.3 is 20.2 Å². The summed E-state index contributed by atoms with van der Waals surface area (Å²) < 4.78 is 41.0. The lowest BCUT2D eigenvalue weighted by Gasteiger charge is -2.30. The Morgan fingerprint density at radius 3 is 2.48 bits per heavy atom. The predicted octanol–water partition coefficient (Wildman–Crippen LogP) is 4.87. The highest BCUT2D eigenvalue weighted by Crippen LogP contribution is 2.42. The summed E-state index contributed by atoms with van der Waals surface area (Å²) in [6, 6.07) is 3.54. The Kier molecular flexibility index (Phi) is 6.94. The molecule has 0 aliphatic carbocycles. The summed E-state index contributed by atoms with van der Waals surface area (Å²) in [4.78, 5) is 0. The van der Waals surface area contributed by atoms with Gasteiger partial charge >= 0.3 is 0 Å². The van der Waals surface area contributed by atoms with Gasteiger partial charge in [-0.15, -0.1) is 11.3 Å². The zero-order valence-electron chi connectivity index (χ0n) is 18.0. The molecule has 3 heterocycles. The third kappa shape index (κ3) is 4.86. The Bertz CT molecular complexity index is 1100. The van der Waals surface area contributed by atoms with E-state index in [2.05, 4.69) is 40.2 Å². The first-order chi connectivity index (χ1) is 14.6. The number of nitrogens with zero attached hydrogens (tertiary/aromatic N) is 3. The third-order valence-electron chi connectivity index (χ3n) is 4.73. The Labute approximate surface area is 190 Å². The third-order valence-corrected chi connectivity index (χ3v) is 8.80. The van der Waals surface area contributed by atoms with Gasteiger partial charge in [-0.2, -0.15) is 13.1 Å². The molecule has 12 heteroatoms. The van der Waals surface area contributed by atoms with Crippen LogP contribution < -0.4 is 10.6 Å². The Morgan fingerprint density at radius 2 is 1.90 bits per heavy atom. The molecule has 3 N–H and O–H groups in total. The van der Waals surface area contributed by atoms with E-state index in [9.17, 15) is 13.5 Å². The molecule has 31 heavy (non-hydrogen) atoms. The van der Waals surface area contributed by atoms with E-state index in [0.29, 0.717) is 24.7 Å². The van der Waals surface area contributed by atoms with Gasteiger partial charge in [-0.05, 0) is 17.5 Å². The molecule has 0 bridgehead atoms. The number of hydrogen-bond donors (Lipinski definition) is 3. The van der Waals surface area contributed by atoms with E-state index in [4.69, 9.17) is 4.42 Å². The van der Waals surface area contributed by atoms with Gasteiger partial charge in [0.05, 0.1) is 29.7 Å². The number of thiophene rings is 1. The van der Waals surface area contributed by atoms with Crippen molar-refractivity contribution in [3.8, 4) is 5.75 Å². The first-order valence-corrected chi connectivity index (χ1v) is 12.8. The minimum absolute atomic E-state index is 0.0976. The van der Waals surface area contributed by atoms with E-state index in [-0.39, 0.29) is 27.1 Å². The number of aromatic nitrogens is 2. The number of hydrogen-bond acceptors (Lipinski definition) is 10. The topological polar surface area (TPSA) is 121 Å². The fourth-order valence-corrected chi connectivity index (χ4v) is 6.39. The van der Waals surface area contributed by atoms with Crippen LogP contribution in [-0.2, 0) is 10.0 Å². The number of furan rings is 1. The second-order valence-electron chi connectivity index (χ2n) is 7.92. The zero-order chi connectivity index (χ0) is 22.8. The van der Waals surface area contributed by atoms with Crippen molar-refractivity contribution in [3.63, 3.8) is 0 Å². The van der Waals surface area contributed by atoms with Crippen molar-refractivity contribution in [3.05, 3.63) is 29.5 Å². The monoisotopic (exact) mass is 485 g/mol. The number of nitrogens with one attached hydrogen (secondary N) is 2. The molecule has 0 fully saturated rings. The van der Waals surface area contributed by atoms with Crippen LogP contribution in [0, 0.1) is 5.41 Å². The van der Waals surface area contributed by atoms with Gasteiger partial charge in [-0.25, -0.2) is 8.42 Å². The molecule has 9 nitrogen and oxygen atoms in total. The summed E-state index contributed by atoms with van der Waals surface area (Å²) in [6.45, 7) is 10.4. The van der Waals surface area contributed by atoms with Gasteiger partial charge in [0.1, 0.15) is 5.76 Å². The van der Waals surface area contributed by atoms with Crippen LogP contribution in [0.1, 0.15) is 46.4 Å². The van der Waals surface area contributed by atoms with Crippen molar-refractivity contribution in [2.24, 2.45) is 5.41 Å². The number of rotatable bonds is 9. The van der Waals surface area contributed by atoms with Crippen molar-refractivity contribution < 1.29 is 17.9 Å². The van der Waals surface area contributed by atoms with E-state index in [1.807, 2.05) is 12.1 Å². The Hall–Kier alpha value is -2.15. The quantitative estimate of drug-likeness (QED) is 0.392. The second kappa shape index (κ2) is 9.15. The van der Waals surface area contributed by atoms with Crippen LogP contribution in [0.4, 0.5) is 17.3 Å². The van der Waals surface area contributed by atoms with Crippen LogP contribution in [0.15, 0.2) is 32.4 Å². The number of anilines is 3. The molecule has 0 saturated carbocycles. The van der Waals surface area contributed by atoms with Crippen molar-refractivity contribution in [1.29, 1.82) is 0 Å². The van der Waals surface area contributed by atoms with Crippen molar-refractivity contribution in [2.75, 3.05) is 23.7 Å². The first-order valence-electron chi connectivity index (χ1n) is 9.79. The fraction of sp³-hybridized carbons (Fsp3) is 0.474. The van der Waals surface area contributed by atoms with E-state index >= 15 is 0 Å². The number of sulfonamides is 1. The molecule has 3 aromatic heterocycles. The molecule has 0 spiro atoms. The summed E-state index contributed by atoms with van der Waals surface area (Å²) in [5.41, 5.74) is 0.0747. The van der Waals surface area contributed by atoms with Crippen LogP contribution in [0.5, 0.6) is 5.75 Å². The molecule has 0 aromatic carbocycles. The van der Waals surface area contributed by atoms with Crippen LogP contribution in [-0.4, -0.2) is 39.7 Å². The van der Waals surface area contributed by atoms with Gasteiger partial charge in [0.25, 0.3) is 10.0 Å². The highest BCUT2D eigenvalue weighted by molar-refractivity contribution is 7.91. The second-order valence-corrected chi connectivity index (χ2v) is 11.5. The maximum absolute atomic E-state index is 12.8. The van der Waals surface area contributed by atoms with Gasteiger partial charge in [0, 0.05) is 18.5 Å². The maximum Gasteiger partial charge on any atom is 0.256 e. The lowest BCUT2D eigenvalue weighted by Crippen LogP contribution is -2.30. The maximum atomic E-state index is 12.8. The fourth-order valence-electron chi connectivity index (χ4n) is 3.09. The lowest BCUT2D eigenvalue weighted by atomic mass is 9.85. The van der Waals surface area contributed by atoms with E-state index in [1.165, 1.54) is 4.31 Å². The highest BCUT2D eigenvalue weighted by atomic mass is 32.2. The van der Waals surface area contributed by atoms with E-state index in [0.717, 1.165) is 28.8 Å². The molecule has 1 atom stereocenters. The summed E-state index contributed by atoms with van der Waals surface area (Å²) in [7, 11) is -3.77. The molecule has 0 amide bonds. The smallest absolute Gasteiger partial charge is 0.256 e. The molecular weight excluding hydrogens is 458 g/mol. The summed E-state index contributed by atoms with van der Waals surface area (Å²) in [6.07, 6.45) is 1.62. The van der Waals surface area contributed by atoms with E-state index in [1.54, 1.807) is 25.5 Å². The van der Waals surface area contributed by atoms with Crippen molar-refractivity contribution >= 4 is 50.4 Å². The molecule has 0 unspecified atom stereocenters. The molecule has 0 aliphatic heterocycles. The normalized spacial score (nSPS) is 13.5. The minimum Gasteiger partial charge on any atom is -0.504 e. The summed E-state index contributed by atoms with van der Waals surface area (Å²) in [5.74, 6) is 1.32. The molecule has 3 rings (SSSR count). The number of aromatic hydroxyl groups is 1. The molecule has 3 aromatic rings. The average molecular weight is 486 g/mol. The van der Waals surface area contributed by atoms with Crippen LogP contribution in [0.25, 0.3) is 0 Å². The predicted molar refractivity (Wildman–Crippen MR) is 124 cm³/mol. The van der Waals surface area contributed by atoms with Crippen LogP contribution in [0.3, 0.4) is 0 Å². The summed E-state index contributed by atoms with van der Waals surface area (Å²) >= 11 is 1.97. The molecule has 170 valence electrons. The SMILES string of the molecule is CCN(CC)S(=O)(=O)c1scc(Nc2nsnc2N[C@@H](c2ccco2)C(C)(C)C)c1O. The molecule has 0 aliphatic rings. The van der Waals surface area contributed by atoms with Crippen LogP contribution >= 0.6 is 23.1 Å². The lowest BCUT2D eigenvalue weighted by molar-refractivity contribution is 0.304. The molecular formula is C19H27N5O4S3. The van der Waals surface area contributed by atoms with Crippen molar-refractivity contribution in [2.45, 2.75) is 44.9 Å². The van der Waals surface area contributed by atoms with Gasteiger partial charge in [0.2, 0.25) is 0 Å². The standard InChI is InChI=1S/C19H27N5O4S3/c1-6-24(7-2)31(26,27)18-14(25)12(11-29-18)20-16-17(23-30-22-16)21-15(19(3,4)5)13-9-8-10-28-13/h8-11,15,25H,6-7H2,1-5H3,(H,20,22)(H,21,23)/t15-/m0/s1. The van der Waals surface area contributed by atoms with Crippen LogP contribution in [0.2, 0.25) is 0 Å². The van der Waals surface area contributed by atoms with Crippen molar-refractivity contribution in [1.82, 2.24) is 13.1 Å². The Balaban J connectivity index is 1.87. The van der Waals surface area contributed by atoms with Gasteiger partial charge in [0.15, 0.2) is 21.6 Å². The molecule has 0 saturated heterocycles. The zero-order valence-corrected chi connectivity index (χ0v) is 20.5. The van der Waals surface area contributed by atoms with E-state index < -0.39 is 10.0 Å². The first kappa shape index (κ1) is 23.5.